The Morgan fingerprint density at radius 3 is 2.39 bits per heavy atom. The molecule has 0 saturated heterocycles. The first-order valence-corrected chi connectivity index (χ1v) is 11.7. The molecule has 9 nitrogen and oxygen atoms in total. The number of anilines is 1. The van der Waals surface area contributed by atoms with Gasteiger partial charge in [0.05, 0.1) is 13.0 Å². The van der Waals surface area contributed by atoms with Crippen LogP contribution < -0.4 is 21.6 Å². The second-order valence-corrected chi connectivity index (χ2v) is 9.49. The monoisotopic (exact) mass is 491 g/mol. The van der Waals surface area contributed by atoms with Crippen LogP contribution in [0.25, 0.3) is 0 Å². The van der Waals surface area contributed by atoms with Gasteiger partial charge in [-0.1, -0.05) is 36.4 Å². The standard InChI is InChI=1S/C27H33N5O4/c1-18-13-14-32(29-16-20-9-7-6-8-10-20)25(34)22(18)15-24(33)28-17-21-11-12-23(30-19(21)2)31-26(35)36-27(3,4)5/h6-14,29H,15-17H2,1-5H3,(H,28,33)(H,30,31,35). The molecular weight excluding hydrogens is 458 g/mol. The molecule has 36 heavy (non-hydrogen) atoms. The molecule has 3 rings (SSSR count). The highest BCUT2D eigenvalue weighted by atomic mass is 16.6. The van der Waals surface area contributed by atoms with E-state index in [0.717, 1.165) is 16.7 Å². The van der Waals surface area contributed by atoms with Crippen molar-refractivity contribution in [3.63, 3.8) is 0 Å². The first-order chi connectivity index (χ1) is 17.0. The van der Waals surface area contributed by atoms with E-state index in [4.69, 9.17) is 4.74 Å². The first-order valence-electron chi connectivity index (χ1n) is 11.7. The third kappa shape index (κ3) is 7.69. The fourth-order valence-corrected chi connectivity index (χ4v) is 3.45. The molecule has 0 aliphatic carbocycles. The van der Waals surface area contributed by atoms with Crippen LogP contribution >= 0.6 is 0 Å². The van der Waals surface area contributed by atoms with E-state index in [2.05, 4.69) is 21.0 Å². The van der Waals surface area contributed by atoms with Crippen LogP contribution in [0.4, 0.5) is 10.6 Å². The fourth-order valence-electron chi connectivity index (χ4n) is 3.45. The lowest BCUT2D eigenvalue weighted by atomic mass is 10.1. The number of ether oxygens (including phenoxy) is 1. The molecule has 0 unspecified atom stereocenters. The van der Waals surface area contributed by atoms with E-state index in [9.17, 15) is 14.4 Å². The van der Waals surface area contributed by atoms with Gasteiger partial charge in [-0.25, -0.2) is 14.5 Å². The Morgan fingerprint density at radius 2 is 1.72 bits per heavy atom. The van der Waals surface area contributed by atoms with E-state index in [1.54, 1.807) is 46.0 Å². The molecule has 0 atom stereocenters. The second kappa shape index (κ2) is 11.5. The number of carbonyl (C=O) groups is 2. The van der Waals surface area contributed by atoms with Crippen molar-refractivity contribution in [2.75, 3.05) is 10.7 Å². The number of pyridine rings is 2. The Bertz CT molecular complexity index is 1280. The van der Waals surface area contributed by atoms with Gasteiger partial charge in [-0.15, -0.1) is 0 Å². The minimum atomic E-state index is -0.609. The first kappa shape index (κ1) is 26.5. The average Bonchev–Trinajstić information content (AvgIpc) is 2.80. The molecule has 1 aromatic carbocycles. The summed E-state index contributed by atoms with van der Waals surface area (Å²) >= 11 is 0. The predicted molar refractivity (Wildman–Crippen MR) is 139 cm³/mol. The Hall–Kier alpha value is -4.14. The van der Waals surface area contributed by atoms with Crippen molar-refractivity contribution in [3.05, 3.63) is 93.0 Å². The highest BCUT2D eigenvalue weighted by molar-refractivity contribution is 5.83. The molecule has 3 aromatic rings. The van der Waals surface area contributed by atoms with Gasteiger partial charge in [-0.05, 0) is 63.4 Å². The Morgan fingerprint density at radius 1 is 1.00 bits per heavy atom. The van der Waals surface area contributed by atoms with Crippen LogP contribution in [0, 0.1) is 13.8 Å². The van der Waals surface area contributed by atoms with Crippen molar-refractivity contribution in [3.8, 4) is 0 Å². The topological polar surface area (TPSA) is 114 Å². The average molecular weight is 492 g/mol. The maximum Gasteiger partial charge on any atom is 0.413 e. The number of nitrogens with zero attached hydrogens (tertiary/aromatic N) is 2. The number of hydrogen-bond donors (Lipinski definition) is 3. The van der Waals surface area contributed by atoms with Gasteiger partial charge in [0.1, 0.15) is 11.4 Å². The van der Waals surface area contributed by atoms with E-state index >= 15 is 0 Å². The third-order valence-corrected chi connectivity index (χ3v) is 5.36. The van der Waals surface area contributed by atoms with Crippen molar-refractivity contribution in [2.45, 2.75) is 59.7 Å². The summed E-state index contributed by atoms with van der Waals surface area (Å²) in [4.78, 5) is 41.9. The van der Waals surface area contributed by atoms with Crippen LogP contribution in [0.2, 0.25) is 0 Å². The van der Waals surface area contributed by atoms with E-state index in [1.165, 1.54) is 4.68 Å². The second-order valence-electron chi connectivity index (χ2n) is 9.49. The number of benzene rings is 1. The van der Waals surface area contributed by atoms with Crippen LogP contribution in [-0.2, 0) is 29.0 Å². The maximum absolute atomic E-state index is 13.0. The Balaban J connectivity index is 1.59. The number of nitrogens with one attached hydrogen (secondary N) is 3. The number of aromatic nitrogens is 2. The number of carbonyl (C=O) groups excluding carboxylic acids is 2. The van der Waals surface area contributed by atoms with Gasteiger partial charge in [0.2, 0.25) is 5.91 Å². The van der Waals surface area contributed by atoms with Gasteiger partial charge < -0.3 is 15.5 Å². The fraction of sp³-hybridized carbons (Fsp3) is 0.333. The quantitative estimate of drug-likeness (QED) is 0.442. The summed E-state index contributed by atoms with van der Waals surface area (Å²) in [6.07, 6.45) is 1.05. The van der Waals surface area contributed by atoms with Gasteiger partial charge in [-0.3, -0.25) is 14.9 Å². The molecule has 0 spiro atoms. The van der Waals surface area contributed by atoms with Crippen molar-refractivity contribution in [1.82, 2.24) is 15.0 Å². The zero-order valence-corrected chi connectivity index (χ0v) is 21.3. The molecule has 0 fully saturated rings. The minimum absolute atomic E-state index is 0.0384. The van der Waals surface area contributed by atoms with Crippen molar-refractivity contribution in [1.29, 1.82) is 0 Å². The SMILES string of the molecule is Cc1ccn(NCc2ccccc2)c(=O)c1CC(=O)NCc1ccc(NC(=O)OC(C)(C)C)nc1C. The number of rotatable bonds is 8. The maximum atomic E-state index is 13.0. The van der Waals surface area contributed by atoms with E-state index in [0.29, 0.717) is 23.6 Å². The van der Waals surface area contributed by atoms with Crippen LogP contribution in [0.3, 0.4) is 0 Å². The van der Waals surface area contributed by atoms with E-state index < -0.39 is 11.7 Å². The highest BCUT2D eigenvalue weighted by Crippen LogP contribution is 2.13. The minimum Gasteiger partial charge on any atom is -0.444 e. The predicted octanol–water partition coefficient (Wildman–Crippen LogP) is 3.81. The van der Waals surface area contributed by atoms with Crippen LogP contribution in [0.5, 0.6) is 0 Å². The molecule has 0 radical (unpaired) electrons. The van der Waals surface area contributed by atoms with Crippen LogP contribution in [0.1, 0.15) is 48.7 Å². The molecule has 2 amide bonds. The third-order valence-electron chi connectivity index (χ3n) is 5.36. The number of hydrogen-bond acceptors (Lipinski definition) is 6. The van der Waals surface area contributed by atoms with Gasteiger partial charge in [0.15, 0.2) is 0 Å². The normalized spacial score (nSPS) is 11.0. The molecule has 0 aliphatic heterocycles. The number of amides is 2. The molecule has 3 N–H and O–H groups in total. The van der Waals surface area contributed by atoms with Gasteiger partial charge in [-0.2, -0.15) is 0 Å². The lowest BCUT2D eigenvalue weighted by Gasteiger charge is -2.19. The molecule has 0 bridgehead atoms. The summed E-state index contributed by atoms with van der Waals surface area (Å²) in [5.74, 6) is 0.0895. The van der Waals surface area contributed by atoms with E-state index in [-0.39, 0.29) is 24.4 Å². The lowest BCUT2D eigenvalue weighted by Crippen LogP contribution is -2.34. The molecule has 9 heteroatoms. The molecular formula is C27H33N5O4. The van der Waals surface area contributed by atoms with Crippen LogP contribution in [-0.4, -0.2) is 27.3 Å². The van der Waals surface area contributed by atoms with Gasteiger partial charge >= 0.3 is 6.09 Å². The van der Waals surface area contributed by atoms with E-state index in [1.807, 2.05) is 43.3 Å². The zero-order valence-electron chi connectivity index (χ0n) is 21.3. The summed E-state index contributed by atoms with van der Waals surface area (Å²) in [7, 11) is 0. The molecule has 0 saturated carbocycles. The highest BCUT2D eigenvalue weighted by Gasteiger charge is 2.17. The van der Waals surface area contributed by atoms with Crippen molar-refractivity contribution in [2.24, 2.45) is 0 Å². The Kier molecular flexibility index (Phi) is 8.47. The summed E-state index contributed by atoms with van der Waals surface area (Å²) in [6.45, 7) is 9.69. The van der Waals surface area contributed by atoms with Gasteiger partial charge in [0, 0.05) is 24.0 Å². The molecule has 0 aliphatic rings. The zero-order chi connectivity index (χ0) is 26.3. The van der Waals surface area contributed by atoms with Crippen LogP contribution in [0.15, 0.2) is 59.5 Å². The van der Waals surface area contributed by atoms with Crippen molar-refractivity contribution < 1.29 is 14.3 Å². The summed E-state index contributed by atoms with van der Waals surface area (Å²) < 4.78 is 6.64. The summed E-state index contributed by atoms with van der Waals surface area (Å²) in [5.41, 5.74) is 5.91. The molecule has 2 aromatic heterocycles. The lowest BCUT2D eigenvalue weighted by molar-refractivity contribution is -0.120. The number of aryl methyl sites for hydroxylation is 2. The summed E-state index contributed by atoms with van der Waals surface area (Å²) in [6, 6.07) is 15.0. The summed E-state index contributed by atoms with van der Waals surface area (Å²) in [5, 5.41) is 5.45. The largest absolute Gasteiger partial charge is 0.444 e. The smallest absolute Gasteiger partial charge is 0.413 e. The molecule has 2 heterocycles. The van der Waals surface area contributed by atoms with Crippen molar-refractivity contribution >= 4 is 17.8 Å². The molecule has 190 valence electrons. The van der Waals surface area contributed by atoms with Gasteiger partial charge in [0.25, 0.3) is 5.56 Å². The Labute approximate surface area is 210 Å².